The van der Waals surface area contributed by atoms with Gasteiger partial charge in [-0.2, -0.15) is 10.2 Å². The van der Waals surface area contributed by atoms with E-state index in [9.17, 15) is 10.0 Å². The van der Waals surface area contributed by atoms with Crippen LogP contribution in [0.4, 0.5) is 11.4 Å². The summed E-state index contributed by atoms with van der Waals surface area (Å²) < 4.78 is 0. The molecule has 3 rings (SSSR count). The second-order valence-electron chi connectivity index (χ2n) is 10.1. The Hall–Kier alpha value is -3.27. The number of nitrogens with zero attached hydrogens (tertiary/aromatic N) is 5. The lowest BCUT2D eigenvalue weighted by Gasteiger charge is -2.37. The summed E-state index contributed by atoms with van der Waals surface area (Å²) in [5, 5.41) is 18.2. The molecule has 222 valence electrons. The molecule has 2 aliphatic rings. The van der Waals surface area contributed by atoms with Gasteiger partial charge in [0.2, 0.25) is 0 Å². The minimum atomic E-state index is -0.145. The topological polar surface area (TPSA) is 127 Å². The quantitative estimate of drug-likeness (QED) is 0.136. The summed E-state index contributed by atoms with van der Waals surface area (Å²) in [6.45, 7) is 10.0. The van der Waals surface area contributed by atoms with Gasteiger partial charge < -0.3 is 21.7 Å². The van der Waals surface area contributed by atoms with Crippen molar-refractivity contribution >= 4 is 38.0 Å². The molecule has 11 heteroatoms. The number of amides is 1. The zero-order valence-electron chi connectivity index (χ0n) is 24.7. The lowest BCUT2D eigenvalue weighted by molar-refractivity contribution is -0.123. The average molecular weight is 581 g/mol. The number of hydrogen-bond donors (Lipinski definition) is 4. The molecule has 1 fully saturated rings. The number of unbranched alkanes of at least 4 members (excludes halogenated alkanes) is 1. The van der Waals surface area contributed by atoms with Crippen LogP contribution in [0.15, 0.2) is 81.9 Å². The van der Waals surface area contributed by atoms with Crippen molar-refractivity contribution < 1.29 is 10.0 Å². The average Bonchev–Trinajstić information content (AvgIpc) is 2.98. The van der Waals surface area contributed by atoms with Gasteiger partial charge in [-0.05, 0) is 56.9 Å². The number of piperazine rings is 1. The highest BCUT2D eigenvalue weighted by atomic mass is 31.0. The molecule has 6 N–H and O–H groups in total. The van der Waals surface area contributed by atoms with Crippen molar-refractivity contribution in [1.29, 1.82) is 0 Å². The summed E-state index contributed by atoms with van der Waals surface area (Å²) in [5.74, 6) is -0.145. The van der Waals surface area contributed by atoms with E-state index >= 15 is 0 Å². The fraction of sp³-hybridized carbons (Fsp3) is 0.400. The van der Waals surface area contributed by atoms with Crippen molar-refractivity contribution in [2.75, 3.05) is 56.8 Å². The normalized spacial score (nSPS) is 18.6. The number of hydrazine groups is 1. The number of nitrogens with one attached hydrogen (secondary N) is 1. The van der Waals surface area contributed by atoms with E-state index in [1.807, 2.05) is 49.2 Å². The number of hydrogen-bond acceptors (Lipinski definition) is 9. The van der Waals surface area contributed by atoms with Gasteiger partial charge in [0.1, 0.15) is 0 Å². The highest BCUT2D eigenvalue weighted by molar-refractivity contribution is 7.28. The third kappa shape index (κ3) is 8.61. The maximum absolute atomic E-state index is 13.8. The molecule has 1 amide bonds. The Bertz CT molecular complexity index is 1260. The number of rotatable bonds is 11. The molecule has 41 heavy (non-hydrogen) atoms. The Morgan fingerprint density at radius 3 is 2.59 bits per heavy atom. The molecule has 1 atom stereocenters. The SMILES string of the molecule is CCC/C=C1\C=CC(/C(C=NCCN)=C/N)=CN1C(=O)/C(C)=C(\C)Nc1ccc(N(O)N2CCN(C)CC2)cc1P. The number of allylic oxidation sites excluding steroid dienone is 6. The summed E-state index contributed by atoms with van der Waals surface area (Å²) in [6, 6.07) is 5.67. The van der Waals surface area contributed by atoms with Gasteiger partial charge >= 0.3 is 0 Å². The van der Waals surface area contributed by atoms with E-state index in [0.29, 0.717) is 29.9 Å². The molecule has 2 aliphatic heterocycles. The van der Waals surface area contributed by atoms with Crippen LogP contribution in [0.3, 0.4) is 0 Å². The summed E-state index contributed by atoms with van der Waals surface area (Å²) in [6.07, 6.45) is 12.7. The van der Waals surface area contributed by atoms with Crippen molar-refractivity contribution in [2.24, 2.45) is 16.5 Å². The molecule has 0 aliphatic carbocycles. The molecule has 1 saturated heterocycles. The van der Waals surface area contributed by atoms with E-state index in [1.54, 1.807) is 17.3 Å². The van der Waals surface area contributed by atoms with Crippen molar-refractivity contribution in [2.45, 2.75) is 33.6 Å². The van der Waals surface area contributed by atoms with Crippen molar-refractivity contribution in [3.63, 3.8) is 0 Å². The second kappa shape index (κ2) is 15.7. The molecule has 2 heterocycles. The second-order valence-corrected chi connectivity index (χ2v) is 10.8. The molecular formula is C30H45N8O2P. The number of likely N-dealkylation sites (N-methyl/N-ethyl adjacent to an activating group) is 1. The van der Waals surface area contributed by atoms with Crippen LogP contribution in [-0.4, -0.2) is 78.5 Å². The van der Waals surface area contributed by atoms with Gasteiger partial charge in [-0.3, -0.25) is 19.9 Å². The predicted molar refractivity (Wildman–Crippen MR) is 173 cm³/mol. The number of aliphatic imine (C=N–C) groups is 1. The van der Waals surface area contributed by atoms with Crippen molar-refractivity contribution in [1.82, 2.24) is 14.8 Å². The molecule has 0 radical (unpaired) electrons. The highest BCUT2D eigenvalue weighted by Crippen LogP contribution is 2.26. The molecule has 1 aromatic rings. The number of anilines is 2. The summed E-state index contributed by atoms with van der Waals surface area (Å²) in [4.78, 5) is 22.0. The molecule has 0 saturated carbocycles. The number of benzene rings is 1. The third-order valence-electron chi connectivity index (χ3n) is 7.06. The first-order valence-corrected chi connectivity index (χ1v) is 14.6. The molecule has 0 aromatic heterocycles. The Morgan fingerprint density at radius 2 is 1.95 bits per heavy atom. The predicted octanol–water partition coefficient (Wildman–Crippen LogP) is 3.09. The van der Waals surface area contributed by atoms with E-state index in [2.05, 4.69) is 44.5 Å². The number of nitrogens with two attached hydrogens (primary N) is 2. The Morgan fingerprint density at radius 1 is 1.22 bits per heavy atom. The lowest BCUT2D eigenvalue weighted by atomic mass is 10.0. The van der Waals surface area contributed by atoms with Crippen LogP contribution >= 0.6 is 9.24 Å². The lowest BCUT2D eigenvalue weighted by Crippen LogP contribution is -2.52. The summed E-state index contributed by atoms with van der Waals surface area (Å²) >= 11 is 0. The fourth-order valence-corrected chi connectivity index (χ4v) is 4.68. The van der Waals surface area contributed by atoms with E-state index in [1.165, 1.54) is 11.4 Å². The maximum atomic E-state index is 13.8. The van der Waals surface area contributed by atoms with Crippen LogP contribution in [0.5, 0.6) is 0 Å². The molecular weight excluding hydrogens is 535 g/mol. The minimum Gasteiger partial charge on any atom is -0.404 e. The van der Waals surface area contributed by atoms with Crippen molar-refractivity contribution in [3.8, 4) is 0 Å². The zero-order valence-corrected chi connectivity index (χ0v) is 25.8. The van der Waals surface area contributed by atoms with Crippen LogP contribution in [0.25, 0.3) is 0 Å². The van der Waals surface area contributed by atoms with Gasteiger partial charge in [-0.25, -0.2) is 0 Å². The van der Waals surface area contributed by atoms with Gasteiger partial charge in [-0.15, -0.1) is 9.24 Å². The molecule has 0 spiro atoms. The van der Waals surface area contributed by atoms with Crippen LogP contribution in [0.2, 0.25) is 0 Å². The van der Waals surface area contributed by atoms with Crippen LogP contribution < -0.4 is 27.3 Å². The van der Waals surface area contributed by atoms with E-state index < -0.39 is 0 Å². The first kappa shape index (κ1) is 32.2. The Kier molecular flexibility index (Phi) is 12.3. The molecule has 0 bridgehead atoms. The van der Waals surface area contributed by atoms with E-state index in [-0.39, 0.29) is 5.91 Å². The molecule has 1 unspecified atom stereocenters. The van der Waals surface area contributed by atoms with E-state index in [0.717, 1.165) is 67.0 Å². The van der Waals surface area contributed by atoms with Crippen LogP contribution in [0.1, 0.15) is 33.6 Å². The van der Waals surface area contributed by atoms with Crippen LogP contribution in [-0.2, 0) is 4.79 Å². The smallest absolute Gasteiger partial charge is 0.259 e. The standard InChI is InChI=1S/C30H45N8O2P/c1-5-6-7-26-9-8-24(25(19-32)20-33-13-12-31)21-37(26)30(39)22(2)23(3)34-28-11-10-27(18-29(28)41)38(40)36-16-14-35(4)15-17-36/h7-11,18-21,34,40H,5-6,12-17,31-32,41H2,1-4H3/b23-22+,25-19+,26-7+,33-20?. The van der Waals surface area contributed by atoms with Gasteiger partial charge in [0.25, 0.3) is 5.91 Å². The Balaban J connectivity index is 1.82. The first-order valence-electron chi connectivity index (χ1n) is 14.0. The van der Waals surface area contributed by atoms with Gasteiger partial charge in [-0.1, -0.05) is 25.5 Å². The monoisotopic (exact) mass is 580 g/mol. The zero-order chi connectivity index (χ0) is 29.9. The third-order valence-corrected chi connectivity index (χ3v) is 7.54. The van der Waals surface area contributed by atoms with Gasteiger partial charge in [0, 0.05) is 85.1 Å². The van der Waals surface area contributed by atoms with Gasteiger partial charge in [0.15, 0.2) is 0 Å². The van der Waals surface area contributed by atoms with Crippen molar-refractivity contribution in [3.05, 3.63) is 76.9 Å². The van der Waals surface area contributed by atoms with Crippen LogP contribution in [0, 0.1) is 0 Å². The Labute approximate surface area is 246 Å². The molecule has 10 nitrogen and oxygen atoms in total. The van der Waals surface area contributed by atoms with E-state index in [4.69, 9.17) is 11.5 Å². The fourth-order valence-electron chi connectivity index (χ4n) is 4.34. The first-order chi connectivity index (χ1) is 19.7. The highest BCUT2D eigenvalue weighted by Gasteiger charge is 2.23. The summed E-state index contributed by atoms with van der Waals surface area (Å²) in [5.41, 5.74) is 16.6. The largest absolute Gasteiger partial charge is 0.404 e. The maximum Gasteiger partial charge on any atom is 0.259 e. The number of carbonyl (C=O) groups excluding carboxylic acids is 1. The molecule has 1 aromatic carbocycles. The number of carbonyl (C=O) groups is 1. The summed E-state index contributed by atoms with van der Waals surface area (Å²) in [7, 11) is 4.79. The minimum absolute atomic E-state index is 0.145. The van der Waals surface area contributed by atoms with Gasteiger partial charge in [0.05, 0.1) is 12.2 Å².